The zero-order valence-corrected chi connectivity index (χ0v) is 12.1. The topological polar surface area (TPSA) is 9.23 Å². The first-order valence-corrected chi connectivity index (χ1v) is 9.51. The second-order valence-electron chi connectivity index (χ2n) is 3.05. The van der Waals surface area contributed by atoms with E-state index in [2.05, 4.69) is 31.2 Å². The molecule has 0 radical (unpaired) electrons. The van der Waals surface area contributed by atoms with Crippen LogP contribution in [-0.4, -0.2) is 12.2 Å². The van der Waals surface area contributed by atoms with Crippen LogP contribution in [0.4, 0.5) is 0 Å². The van der Waals surface area contributed by atoms with Crippen LogP contribution in [0.5, 0.6) is 0 Å². The molecule has 0 aliphatic heterocycles. The molecular formula is C10H14ClOPS2. The van der Waals surface area contributed by atoms with Crippen molar-refractivity contribution in [1.82, 2.24) is 0 Å². The molecule has 0 aromatic heterocycles. The maximum Gasteiger partial charge on any atom is 0.138 e. The van der Waals surface area contributed by atoms with Crippen molar-refractivity contribution in [1.29, 1.82) is 0 Å². The monoisotopic (exact) mass is 280 g/mol. The van der Waals surface area contributed by atoms with Crippen LogP contribution in [-0.2, 0) is 16.3 Å². The van der Waals surface area contributed by atoms with Crippen molar-refractivity contribution < 1.29 is 4.52 Å². The number of rotatable bonds is 5. The van der Waals surface area contributed by atoms with Gasteiger partial charge in [0.2, 0.25) is 0 Å². The van der Waals surface area contributed by atoms with Crippen LogP contribution in [0.3, 0.4) is 0 Å². The maximum atomic E-state index is 5.87. The van der Waals surface area contributed by atoms with E-state index in [1.165, 1.54) is 5.56 Å². The van der Waals surface area contributed by atoms with Gasteiger partial charge in [0.05, 0.1) is 5.62 Å². The number of aryl methyl sites for hydroxylation is 1. The Balaban J connectivity index is 2.75. The average molecular weight is 281 g/mol. The molecule has 0 aliphatic rings. The van der Waals surface area contributed by atoms with Gasteiger partial charge >= 0.3 is 0 Å². The molecule has 0 saturated carbocycles. The minimum absolute atomic E-state index is 0.411. The van der Waals surface area contributed by atoms with E-state index < -0.39 is 5.47 Å². The quantitative estimate of drug-likeness (QED) is 0.575. The highest BCUT2D eigenvalue weighted by Gasteiger charge is 2.17. The highest BCUT2D eigenvalue weighted by atomic mass is 35.5. The summed E-state index contributed by atoms with van der Waals surface area (Å²) in [5.74, 6) is 0. The van der Waals surface area contributed by atoms with E-state index in [9.17, 15) is 0 Å². The van der Waals surface area contributed by atoms with Crippen LogP contribution >= 0.6 is 28.4 Å². The van der Waals surface area contributed by atoms with Gasteiger partial charge in [0.15, 0.2) is 0 Å². The van der Waals surface area contributed by atoms with Gasteiger partial charge in [0.1, 0.15) is 5.47 Å². The van der Waals surface area contributed by atoms with E-state index in [1.807, 2.05) is 6.92 Å². The first-order chi connectivity index (χ1) is 7.09. The standard InChI is InChI=1S/C10H14ClOPS2/c1-3-12-13(14,8-11)15-10-6-4-9(2)5-7-10/h4-7H,3,8H2,1-2H3. The fraction of sp³-hybridized carbons (Fsp3) is 0.400. The normalized spacial score (nSPS) is 14.9. The van der Waals surface area contributed by atoms with Crippen LogP contribution < -0.4 is 0 Å². The second kappa shape index (κ2) is 6.27. The summed E-state index contributed by atoms with van der Waals surface area (Å²) in [6, 6.07) is 8.27. The first-order valence-electron chi connectivity index (χ1n) is 4.65. The van der Waals surface area contributed by atoms with E-state index in [4.69, 9.17) is 27.9 Å². The molecule has 0 saturated heterocycles. The van der Waals surface area contributed by atoms with Gasteiger partial charge in [-0.25, -0.2) is 0 Å². The molecule has 1 aromatic carbocycles. The van der Waals surface area contributed by atoms with Crippen LogP contribution in [0.2, 0.25) is 0 Å². The molecular weight excluding hydrogens is 267 g/mol. The summed E-state index contributed by atoms with van der Waals surface area (Å²) in [6.45, 7) is 4.64. The van der Waals surface area contributed by atoms with Gasteiger partial charge in [-0.15, -0.1) is 11.6 Å². The molecule has 15 heavy (non-hydrogen) atoms. The Morgan fingerprint density at radius 3 is 2.47 bits per heavy atom. The van der Waals surface area contributed by atoms with Crippen molar-refractivity contribution in [3.05, 3.63) is 29.8 Å². The van der Waals surface area contributed by atoms with E-state index >= 15 is 0 Å². The summed E-state index contributed by atoms with van der Waals surface area (Å²) >= 11 is 12.9. The average Bonchev–Trinajstić information content (AvgIpc) is 2.22. The predicted octanol–water partition coefficient (Wildman–Crippen LogP) is 4.63. The van der Waals surface area contributed by atoms with Crippen LogP contribution in [0.15, 0.2) is 29.2 Å². The molecule has 0 N–H and O–H groups in total. The molecule has 0 amide bonds. The van der Waals surface area contributed by atoms with Gasteiger partial charge in [0.25, 0.3) is 0 Å². The molecule has 0 fully saturated rings. The molecule has 1 aromatic rings. The Morgan fingerprint density at radius 2 is 2.00 bits per heavy atom. The lowest BCUT2D eigenvalue weighted by atomic mass is 10.2. The van der Waals surface area contributed by atoms with Gasteiger partial charge in [-0.05, 0) is 26.0 Å². The summed E-state index contributed by atoms with van der Waals surface area (Å²) in [6.07, 6.45) is 0. The Hall–Kier alpha value is 0.470. The minimum atomic E-state index is -1.92. The van der Waals surface area contributed by atoms with Gasteiger partial charge in [0, 0.05) is 11.5 Å². The zero-order chi connectivity index (χ0) is 11.3. The largest absolute Gasteiger partial charge is 0.341 e. The number of benzene rings is 1. The van der Waals surface area contributed by atoms with Crippen molar-refractivity contribution in [2.75, 3.05) is 12.2 Å². The van der Waals surface area contributed by atoms with Crippen LogP contribution in [0.1, 0.15) is 12.5 Å². The highest BCUT2D eigenvalue weighted by Crippen LogP contribution is 2.63. The summed E-state index contributed by atoms with van der Waals surface area (Å²) in [4.78, 5) is 1.14. The lowest BCUT2D eigenvalue weighted by Crippen LogP contribution is -1.87. The van der Waals surface area contributed by atoms with E-state index in [0.29, 0.717) is 12.2 Å². The van der Waals surface area contributed by atoms with Gasteiger partial charge in [-0.1, -0.05) is 40.9 Å². The summed E-state index contributed by atoms with van der Waals surface area (Å²) in [7, 11) is 0. The minimum Gasteiger partial charge on any atom is -0.341 e. The van der Waals surface area contributed by atoms with Gasteiger partial charge in [-0.2, -0.15) is 0 Å². The lowest BCUT2D eigenvalue weighted by Gasteiger charge is -2.17. The van der Waals surface area contributed by atoms with E-state index in [1.54, 1.807) is 11.4 Å². The second-order valence-corrected chi connectivity index (χ2v) is 10.9. The van der Waals surface area contributed by atoms with Gasteiger partial charge < -0.3 is 4.52 Å². The zero-order valence-electron chi connectivity index (χ0n) is 8.77. The van der Waals surface area contributed by atoms with Crippen molar-refractivity contribution in [3.8, 4) is 0 Å². The SMILES string of the molecule is CCOP(=S)(CCl)Sc1ccc(C)cc1. The van der Waals surface area contributed by atoms with Crippen molar-refractivity contribution >= 4 is 40.3 Å². The molecule has 1 atom stereocenters. The smallest absolute Gasteiger partial charge is 0.138 e. The number of alkyl halides is 1. The summed E-state index contributed by atoms with van der Waals surface area (Å²) < 4.78 is 5.57. The molecule has 0 heterocycles. The molecule has 0 aliphatic carbocycles. The number of hydrogen-bond donors (Lipinski definition) is 0. The molecule has 1 rings (SSSR count). The predicted molar refractivity (Wildman–Crippen MR) is 73.7 cm³/mol. The third kappa shape index (κ3) is 4.46. The summed E-state index contributed by atoms with van der Waals surface area (Å²) in [5, 5.41) is 0. The highest BCUT2D eigenvalue weighted by molar-refractivity contribution is 8.69. The van der Waals surface area contributed by atoms with Crippen LogP contribution in [0.25, 0.3) is 0 Å². The maximum absolute atomic E-state index is 5.87. The Morgan fingerprint density at radius 1 is 1.40 bits per heavy atom. The molecule has 0 spiro atoms. The molecule has 1 unspecified atom stereocenters. The third-order valence-electron chi connectivity index (χ3n) is 1.74. The number of halogens is 1. The lowest BCUT2D eigenvalue weighted by molar-refractivity contribution is 0.387. The Labute approximate surface area is 105 Å². The third-order valence-corrected chi connectivity index (χ3v) is 8.85. The molecule has 84 valence electrons. The van der Waals surface area contributed by atoms with Crippen molar-refractivity contribution in [2.45, 2.75) is 18.7 Å². The fourth-order valence-corrected chi connectivity index (χ4v) is 5.87. The van der Waals surface area contributed by atoms with Crippen molar-refractivity contribution in [3.63, 3.8) is 0 Å². The fourth-order valence-electron chi connectivity index (χ4n) is 1.04. The number of hydrogen-bond acceptors (Lipinski definition) is 3. The summed E-state index contributed by atoms with van der Waals surface area (Å²) in [5.41, 5.74) is -0.265. The van der Waals surface area contributed by atoms with E-state index in [-0.39, 0.29) is 0 Å². The first kappa shape index (κ1) is 13.5. The van der Waals surface area contributed by atoms with Gasteiger partial charge in [-0.3, -0.25) is 0 Å². The van der Waals surface area contributed by atoms with Crippen molar-refractivity contribution in [2.24, 2.45) is 0 Å². The van der Waals surface area contributed by atoms with Crippen LogP contribution in [0, 0.1) is 6.92 Å². The molecule has 5 heteroatoms. The van der Waals surface area contributed by atoms with E-state index in [0.717, 1.165) is 4.90 Å². The molecule has 0 bridgehead atoms. The Bertz CT molecular complexity index is 353. The molecule has 1 nitrogen and oxygen atoms in total. The Kier molecular flexibility index (Phi) is 5.65.